The van der Waals surface area contributed by atoms with Crippen LogP contribution in [0.2, 0.25) is 0 Å². The van der Waals surface area contributed by atoms with Crippen LogP contribution in [0.4, 0.5) is 5.82 Å². The zero-order valence-corrected chi connectivity index (χ0v) is 32.3. The lowest BCUT2D eigenvalue weighted by Crippen LogP contribution is -2.40. The summed E-state index contributed by atoms with van der Waals surface area (Å²) in [6.07, 6.45) is -4.87. The minimum atomic E-state index is -4.48. The first kappa shape index (κ1) is 40.9. The first-order valence-electron chi connectivity index (χ1n) is 17.4. The van der Waals surface area contributed by atoms with Gasteiger partial charge in [-0.25, -0.2) is 29.1 Å². The first-order chi connectivity index (χ1) is 27.8. The van der Waals surface area contributed by atoms with Gasteiger partial charge >= 0.3 is 24.4 Å². The van der Waals surface area contributed by atoms with Crippen LogP contribution in [-0.2, 0) is 38.4 Å². The van der Waals surface area contributed by atoms with E-state index in [1.165, 1.54) is 73.9 Å². The highest BCUT2D eigenvalue weighted by molar-refractivity contribution is 8.54. The number of nitrogens with one attached hydrogen (secondary N) is 1. The fraction of sp³-hybridized carbons (Fsp3) is 0.343. The summed E-state index contributed by atoms with van der Waals surface area (Å²) >= 11 is 0.717. The maximum absolute atomic E-state index is 14.9. The number of benzene rings is 2. The second-order valence-electron chi connectivity index (χ2n) is 12.9. The lowest BCUT2D eigenvalue weighted by molar-refractivity contribution is -0.132. The molecule has 5 aromatic rings. The number of aliphatic hydroxyl groups excluding tert-OH is 2. The van der Waals surface area contributed by atoms with Gasteiger partial charge in [0.25, 0.3) is 5.56 Å². The molecule has 2 aromatic carbocycles. The number of nitrogen functional groups attached to an aromatic ring is 1. The monoisotopic (exact) mass is 841 g/mol. The molecule has 58 heavy (non-hydrogen) atoms. The van der Waals surface area contributed by atoms with E-state index in [4.69, 9.17) is 38.5 Å². The van der Waals surface area contributed by atoms with Crippen LogP contribution in [0.15, 0.2) is 83.0 Å². The molecule has 2 fully saturated rings. The van der Waals surface area contributed by atoms with Crippen molar-refractivity contribution in [2.75, 3.05) is 19.5 Å². The van der Waals surface area contributed by atoms with Crippen LogP contribution in [0.5, 0.6) is 11.5 Å². The predicted molar refractivity (Wildman–Crippen MR) is 201 cm³/mol. The number of aliphatic hydroxyl groups is 2. The number of hydrogen-bond donors (Lipinski definition) is 4. The molecule has 3 aromatic heterocycles. The summed E-state index contributed by atoms with van der Waals surface area (Å²) in [7, 11) is 1.29. The third kappa shape index (κ3) is 8.89. The number of hydrogen-bond acceptors (Lipinski definition) is 19. The van der Waals surface area contributed by atoms with Gasteiger partial charge < -0.3 is 39.6 Å². The third-order valence-corrected chi connectivity index (χ3v) is 12.6. The quantitative estimate of drug-likeness (QED) is 0.0707. The van der Waals surface area contributed by atoms with Gasteiger partial charge in [-0.1, -0.05) is 12.1 Å². The van der Waals surface area contributed by atoms with E-state index < -0.39 is 79.8 Å². The summed E-state index contributed by atoms with van der Waals surface area (Å²) in [4.78, 5) is 62.9. The Kier molecular flexibility index (Phi) is 12.2. The van der Waals surface area contributed by atoms with Crippen LogP contribution in [0, 0.1) is 0 Å². The molecule has 5 N–H and O–H groups in total. The van der Waals surface area contributed by atoms with Crippen LogP contribution in [0.3, 0.4) is 0 Å². The number of carbonyl (C=O) groups excluding carboxylic acids is 2. The molecule has 7 rings (SSSR count). The molecule has 2 saturated heterocycles. The van der Waals surface area contributed by atoms with Crippen molar-refractivity contribution >= 4 is 47.1 Å². The smallest absolute Gasteiger partial charge is 0.392 e. The Morgan fingerprint density at radius 3 is 2.40 bits per heavy atom. The van der Waals surface area contributed by atoms with Gasteiger partial charge in [-0.05, 0) is 53.3 Å². The number of H-pyrrole nitrogens is 1. The number of rotatable bonds is 14. The van der Waals surface area contributed by atoms with E-state index in [9.17, 15) is 34.0 Å². The molecule has 0 spiro atoms. The number of aromatic nitrogens is 6. The van der Waals surface area contributed by atoms with Gasteiger partial charge in [-0.3, -0.25) is 32.8 Å². The predicted octanol–water partition coefficient (Wildman–Crippen LogP) is 2.06. The number of aromatic amines is 1. The second-order valence-corrected chi connectivity index (χ2v) is 16.8. The number of anilines is 1. The summed E-state index contributed by atoms with van der Waals surface area (Å²) in [6.45, 7) is -3.88. The Bertz CT molecular complexity index is 2450. The summed E-state index contributed by atoms with van der Waals surface area (Å²) in [5.41, 5.74) is 5.88. The molecule has 0 amide bonds. The normalized spacial score (nSPS) is 24.1. The van der Waals surface area contributed by atoms with Crippen LogP contribution in [0.25, 0.3) is 11.2 Å². The van der Waals surface area contributed by atoms with E-state index >= 15 is 0 Å². The molecule has 3 unspecified atom stereocenters. The van der Waals surface area contributed by atoms with Crippen molar-refractivity contribution in [3.8, 4) is 11.5 Å². The van der Waals surface area contributed by atoms with Crippen LogP contribution in [0.1, 0.15) is 41.7 Å². The fourth-order valence-electron chi connectivity index (χ4n) is 6.22. The lowest BCUT2D eigenvalue weighted by atomic mass is 10.1. The van der Waals surface area contributed by atoms with Crippen molar-refractivity contribution in [2.24, 2.45) is 0 Å². The molecule has 306 valence electrons. The number of nitrogens with two attached hydrogens (primary N) is 1. The molecule has 21 nitrogen and oxygen atoms in total. The van der Waals surface area contributed by atoms with Crippen molar-refractivity contribution in [1.29, 1.82) is 0 Å². The number of methoxy groups -OCH3 is 1. The molecule has 23 heteroatoms. The van der Waals surface area contributed by atoms with E-state index in [1.807, 2.05) is 0 Å². The number of fused-ring (bicyclic) bond motifs is 1. The van der Waals surface area contributed by atoms with Gasteiger partial charge in [-0.15, -0.1) is 0 Å². The van der Waals surface area contributed by atoms with Crippen molar-refractivity contribution in [2.45, 2.75) is 62.3 Å². The molecule has 0 bridgehead atoms. The average molecular weight is 842 g/mol. The highest BCUT2D eigenvalue weighted by atomic mass is 32.7. The standard InChI is InChI=1S/C35H36N7O14PS/c1-18(44)51-21-9-5-20(6-10-21)33(47)52-22-7-3-19(4-8-22)15-58-57(49,55-28-24(14-43)53-32(29(28)50-2)41-12-11-25(46)40-35(41)48)56-34-23(45)13-26(54-34)42-17-39-27-30(36)37-16-38-31(27)42/h3-12,16-17,23-24,26,28-29,32,34,43,45H,13-15H2,1-2H3,(H2,36,37,38)(H,40,46,48)/t23?,24-,26-,28?,29+,32-,34-,57?/m1/s1. The summed E-state index contributed by atoms with van der Waals surface area (Å²) in [5, 5.41) is 21.4. The van der Waals surface area contributed by atoms with Gasteiger partial charge in [0.15, 0.2) is 24.0 Å². The van der Waals surface area contributed by atoms with E-state index in [2.05, 4.69) is 19.9 Å². The second kappa shape index (κ2) is 17.3. The molecule has 0 saturated carbocycles. The van der Waals surface area contributed by atoms with Crippen LogP contribution >= 0.6 is 18.2 Å². The van der Waals surface area contributed by atoms with Crippen molar-refractivity contribution in [3.05, 3.63) is 105 Å². The molecule has 5 heterocycles. The van der Waals surface area contributed by atoms with Crippen LogP contribution in [-0.4, -0.2) is 95.6 Å². The topological polar surface area (TPSA) is 281 Å². The van der Waals surface area contributed by atoms with Crippen molar-refractivity contribution < 1.29 is 57.1 Å². The molecule has 8 atom stereocenters. The number of ether oxygens (including phenoxy) is 5. The first-order valence-corrected chi connectivity index (χ1v) is 20.6. The number of nitrogens with zero attached hydrogens (tertiary/aromatic N) is 5. The van der Waals surface area contributed by atoms with Gasteiger partial charge in [0.1, 0.15) is 54.0 Å². The van der Waals surface area contributed by atoms with E-state index in [0.717, 1.165) is 10.6 Å². The Morgan fingerprint density at radius 2 is 1.71 bits per heavy atom. The largest absolute Gasteiger partial charge is 0.427 e. The average Bonchev–Trinajstić information content (AvgIpc) is 3.89. The van der Waals surface area contributed by atoms with Crippen LogP contribution < -0.4 is 26.5 Å². The zero-order chi connectivity index (χ0) is 41.1. The summed E-state index contributed by atoms with van der Waals surface area (Å²) < 4.78 is 57.7. The van der Waals surface area contributed by atoms with Crippen molar-refractivity contribution in [1.82, 2.24) is 29.1 Å². The highest BCUT2D eigenvalue weighted by Crippen LogP contribution is 2.65. The third-order valence-electron chi connectivity index (χ3n) is 8.97. The lowest BCUT2D eigenvalue weighted by Gasteiger charge is -2.29. The maximum atomic E-state index is 14.9. The Morgan fingerprint density at radius 1 is 0.983 bits per heavy atom. The number of esters is 2. The minimum Gasteiger partial charge on any atom is -0.427 e. The minimum absolute atomic E-state index is 0.0183. The highest BCUT2D eigenvalue weighted by Gasteiger charge is 2.52. The Balaban J connectivity index is 1.10. The van der Waals surface area contributed by atoms with Crippen molar-refractivity contribution in [3.63, 3.8) is 0 Å². The molecule has 2 aliphatic heterocycles. The number of imidazole rings is 1. The van der Waals surface area contributed by atoms with E-state index in [-0.39, 0.29) is 35.1 Å². The summed E-state index contributed by atoms with van der Waals surface area (Å²) in [6, 6.07) is 13.2. The zero-order valence-electron chi connectivity index (χ0n) is 30.6. The maximum Gasteiger partial charge on any atom is 0.392 e. The SMILES string of the molecule is CO[C@H]1C(OP(=O)(O[C@H]2O[C@@H](n3cnc4c(N)ncnc43)CC2O)SCc2ccc(OC(=O)c3ccc(OC(C)=O)cc3)cc2)[C@@H](CO)O[C@H]1n1ccc(=O)[nH]c1=O. The van der Waals surface area contributed by atoms with Gasteiger partial charge in [0.2, 0.25) is 0 Å². The van der Waals surface area contributed by atoms with Gasteiger partial charge in [-0.2, -0.15) is 0 Å². The Hall–Kier alpha value is -5.29. The molecular formula is C35H36N7O14PS. The number of carbonyl (C=O) groups is 2. The Labute approximate surface area is 331 Å². The van der Waals surface area contributed by atoms with Gasteiger partial charge in [0.05, 0.1) is 18.5 Å². The molecule has 0 radical (unpaired) electrons. The summed E-state index contributed by atoms with van der Waals surface area (Å²) in [5.74, 6) is -0.579. The van der Waals surface area contributed by atoms with E-state index in [1.54, 1.807) is 12.1 Å². The molecular weight excluding hydrogens is 805 g/mol. The molecule has 2 aliphatic rings. The molecule has 0 aliphatic carbocycles. The van der Waals surface area contributed by atoms with Gasteiger partial charge in [0, 0.05) is 38.5 Å². The fourth-order valence-corrected chi connectivity index (χ4v) is 9.73. The van der Waals surface area contributed by atoms with E-state index in [0.29, 0.717) is 28.1 Å².